The van der Waals surface area contributed by atoms with Crippen LogP contribution in [0.2, 0.25) is 0 Å². The largest absolute Gasteiger partial charge is 0.396 e. The fourth-order valence-electron chi connectivity index (χ4n) is 2.88. The molecule has 2 aliphatic heterocycles. The van der Waals surface area contributed by atoms with E-state index < -0.39 is 0 Å². The van der Waals surface area contributed by atoms with Gasteiger partial charge in [-0.15, -0.1) is 0 Å². The summed E-state index contributed by atoms with van der Waals surface area (Å²) in [5, 5.41) is 8.87. The molecule has 1 N–H and O–H groups in total. The lowest BCUT2D eigenvalue weighted by atomic mass is 9.97. The number of aliphatic hydroxyl groups is 1. The van der Waals surface area contributed by atoms with Gasteiger partial charge in [-0.05, 0) is 25.7 Å². The quantitative estimate of drug-likeness (QED) is 0.781. The molecule has 0 aromatic carbocycles. The molecular weight excluding hydrogens is 232 g/mol. The first-order valence-corrected chi connectivity index (χ1v) is 6.80. The Balaban J connectivity index is 1.83. The fraction of sp³-hybridized carbons (Fsp3) is 0.846. The molecule has 1 unspecified atom stereocenters. The Hall–Kier alpha value is -1.10. The highest BCUT2D eigenvalue weighted by atomic mass is 16.3. The Morgan fingerprint density at radius 2 is 2.06 bits per heavy atom. The first-order valence-electron chi connectivity index (χ1n) is 6.80. The standard InChI is InChI=1S/C13H22N2O3/c1-10(17)14-8-11(9-14)13(18)15-6-2-4-12(15)5-3-7-16/h11-12,16H,2-9H2,1H3. The van der Waals surface area contributed by atoms with Gasteiger partial charge in [-0.25, -0.2) is 0 Å². The molecular formula is C13H22N2O3. The number of aliphatic hydroxyl groups excluding tert-OH is 1. The number of rotatable bonds is 4. The average Bonchev–Trinajstić information content (AvgIpc) is 2.71. The van der Waals surface area contributed by atoms with Gasteiger partial charge in [0.1, 0.15) is 0 Å². The lowest BCUT2D eigenvalue weighted by molar-refractivity contribution is -0.148. The third-order valence-electron chi connectivity index (χ3n) is 4.03. The van der Waals surface area contributed by atoms with Crippen molar-refractivity contribution in [3.05, 3.63) is 0 Å². The molecule has 5 heteroatoms. The molecule has 0 saturated carbocycles. The normalized spacial score (nSPS) is 24.2. The lowest BCUT2D eigenvalue weighted by Gasteiger charge is -2.40. The lowest BCUT2D eigenvalue weighted by Crippen LogP contribution is -2.56. The second kappa shape index (κ2) is 5.69. The highest BCUT2D eigenvalue weighted by molar-refractivity contribution is 5.84. The molecule has 2 saturated heterocycles. The van der Waals surface area contributed by atoms with Crippen LogP contribution in [-0.2, 0) is 9.59 Å². The van der Waals surface area contributed by atoms with Crippen molar-refractivity contribution in [2.45, 2.75) is 38.6 Å². The van der Waals surface area contributed by atoms with Crippen molar-refractivity contribution >= 4 is 11.8 Å². The smallest absolute Gasteiger partial charge is 0.229 e. The Labute approximate surface area is 108 Å². The van der Waals surface area contributed by atoms with E-state index in [9.17, 15) is 9.59 Å². The summed E-state index contributed by atoms with van der Waals surface area (Å²) in [5.41, 5.74) is 0. The van der Waals surface area contributed by atoms with E-state index in [1.807, 2.05) is 4.90 Å². The van der Waals surface area contributed by atoms with Crippen LogP contribution in [0, 0.1) is 5.92 Å². The van der Waals surface area contributed by atoms with Gasteiger partial charge in [-0.2, -0.15) is 0 Å². The highest BCUT2D eigenvalue weighted by Gasteiger charge is 2.39. The summed E-state index contributed by atoms with van der Waals surface area (Å²) in [6.45, 7) is 3.74. The minimum absolute atomic E-state index is 0.00336. The van der Waals surface area contributed by atoms with Crippen LogP contribution in [0.25, 0.3) is 0 Å². The number of nitrogens with zero attached hydrogens (tertiary/aromatic N) is 2. The van der Waals surface area contributed by atoms with Crippen molar-refractivity contribution in [2.24, 2.45) is 5.92 Å². The molecule has 2 fully saturated rings. The van der Waals surface area contributed by atoms with Gasteiger partial charge in [0.15, 0.2) is 0 Å². The number of amides is 2. The predicted molar refractivity (Wildman–Crippen MR) is 66.8 cm³/mol. The van der Waals surface area contributed by atoms with Gasteiger partial charge in [0.25, 0.3) is 0 Å². The SMILES string of the molecule is CC(=O)N1CC(C(=O)N2CCCC2CCCO)C1. The maximum Gasteiger partial charge on any atom is 0.229 e. The summed E-state index contributed by atoms with van der Waals surface area (Å²) in [4.78, 5) is 27.1. The van der Waals surface area contributed by atoms with Crippen molar-refractivity contribution in [2.75, 3.05) is 26.2 Å². The van der Waals surface area contributed by atoms with Crippen LogP contribution in [0.15, 0.2) is 0 Å². The Morgan fingerprint density at radius 1 is 1.33 bits per heavy atom. The topological polar surface area (TPSA) is 60.9 Å². The number of hydrogen-bond donors (Lipinski definition) is 1. The molecule has 2 amide bonds. The first-order chi connectivity index (χ1) is 8.63. The number of carbonyl (C=O) groups is 2. The highest BCUT2D eigenvalue weighted by Crippen LogP contribution is 2.26. The second-order valence-electron chi connectivity index (χ2n) is 5.31. The molecule has 0 aromatic rings. The van der Waals surface area contributed by atoms with Crippen molar-refractivity contribution in [1.29, 1.82) is 0 Å². The van der Waals surface area contributed by atoms with E-state index >= 15 is 0 Å². The van der Waals surface area contributed by atoms with E-state index in [4.69, 9.17) is 5.11 Å². The Bertz CT molecular complexity index is 326. The third kappa shape index (κ3) is 2.66. The molecule has 1 atom stereocenters. The van der Waals surface area contributed by atoms with Crippen molar-refractivity contribution < 1.29 is 14.7 Å². The van der Waals surface area contributed by atoms with Crippen LogP contribution in [0.3, 0.4) is 0 Å². The van der Waals surface area contributed by atoms with E-state index in [1.54, 1.807) is 11.8 Å². The molecule has 0 spiro atoms. The zero-order valence-electron chi connectivity index (χ0n) is 11.0. The van der Waals surface area contributed by atoms with E-state index in [2.05, 4.69) is 0 Å². The molecule has 0 aliphatic carbocycles. The van der Waals surface area contributed by atoms with E-state index in [-0.39, 0.29) is 24.3 Å². The number of likely N-dealkylation sites (tertiary alicyclic amines) is 2. The summed E-state index contributed by atoms with van der Waals surface area (Å²) >= 11 is 0. The number of hydrogen-bond acceptors (Lipinski definition) is 3. The molecule has 0 radical (unpaired) electrons. The molecule has 18 heavy (non-hydrogen) atoms. The number of carbonyl (C=O) groups excluding carboxylic acids is 2. The summed E-state index contributed by atoms with van der Waals surface area (Å²) in [7, 11) is 0. The van der Waals surface area contributed by atoms with Crippen molar-refractivity contribution in [1.82, 2.24) is 9.80 Å². The second-order valence-corrected chi connectivity index (χ2v) is 5.31. The maximum absolute atomic E-state index is 12.3. The molecule has 102 valence electrons. The van der Waals surface area contributed by atoms with Crippen LogP contribution in [0.4, 0.5) is 0 Å². The van der Waals surface area contributed by atoms with E-state index in [0.29, 0.717) is 19.1 Å². The van der Waals surface area contributed by atoms with E-state index in [0.717, 1.165) is 32.2 Å². The van der Waals surface area contributed by atoms with Gasteiger partial charge >= 0.3 is 0 Å². The van der Waals surface area contributed by atoms with Gasteiger partial charge in [0.2, 0.25) is 11.8 Å². The third-order valence-corrected chi connectivity index (χ3v) is 4.03. The van der Waals surface area contributed by atoms with Gasteiger partial charge < -0.3 is 14.9 Å². The summed E-state index contributed by atoms with van der Waals surface area (Å²) < 4.78 is 0. The fourth-order valence-corrected chi connectivity index (χ4v) is 2.88. The summed E-state index contributed by atoms with van der Waals surface area (Å²) in [6.07, 6.45) is 3.77. The monoisotopic (exact) mass is 254 g/mol. The van der Waals surface area contributed by atoms with Crippen LogP contribution in [0.1, 0.15) is 32.6 Å². The molecule has 5 nitrogen and oxygen atoms in total. The van der Waals surface area contributed by atoms with Crippen molar-refractivity contribution in [3.63, 3.8) is 0 Å². The van der Waals surface area contributed by atoms with Gasteiger partial charge in [0.05, 0.1) is 5.92 Å². The van der Waals surface area contributed by atoms with Crippen LogP contribution >= 0.6 is 0 Å². The van der Waals surface area contributed by atoms with Gasteiger partial charge in [-0.1, -0.05) is 0 Å². The minimum Gasteiger partial charge on any atom is -0.396 e. The zero-order valence-corrected chi connectivity index (χ0v) is 11.0. The Morgan fingerprint density at radius 3 is 2.67 bits per heavy atom. The van der Waals surface area contributed by atoms with E-state index in [1.165, 1.54) is 0 Å². The van der Waals surface area contributed by atoms with Gasteiger partial charge in [-0.3, -0.25) is 9.59 Å². The predicted octanol–water partition coefficient (Wildman–Crippen LogP) is 0.228. The molecule has 2 heterocycles. The molecule has 0 aromatic heterocycles. The van der Waals surface area contributed by atoms with Gasteiger partial charge in [0, 0.05) is 39.2 Å². The van der Waals surface area contributed by atoms with Crippen LogP contribution in [-0.4, -0.2) is 59.0 Å². The zero-order chi connectivity index (χ0) is 13.1. The molecule has 2 rings (SSSR count). The Kier molecular flexibility index (Phi) is 4.22. The maximum atomic E-state index is 12.3. The van der Waals surface area contributed by atoms with Crippen LogP contribution in [0.5, 0.6) is 0 Å². The molecule has 2 aliphatic rings. The summed E-state index contributed by atoms with van der Waals surface area (Å²) in [6, 6.07) is 0.302. The minimum atomic E-state index is 0.00336. The van der Waals surface area contributed by atoms with Crippen LogP contribution < -0.4 is 0 Å². The summed E-state index contributed by atoms with van der Waals surface area (Å²) in [5.74, 6) is 0.258. The first kappa shape index (κ1) is 13.3. The van der Waals surface area contributed by atoms with Crippen molar-refractivity contribution in [3.8, 4) is 0 Å². The average molecular weight is 254 g/mol. The molecule has 0 bridgehead atoms.